The number of nitrogens with two attached hydrogens (primary N) is 1. The van der Waals surface area contributed by atoms with Crippen molar-refractivity contribution in [1.82, 2.24) is 9.88 Å². The molecule has 1 aliphatic rings. The van der Waals surface area contributed by atoms with Gasteiger partial charge in [0.15, 0.2) is 0 Å². The normalized spacial score (nSPS) is 18.2. The second kappa shape index (κ2) is 4.62. The molecule has 1 aromatic rings. The summed E-state index contributed by atoms with van der Waals surface area (Å²) in [6, 6.07) is 2.70. The zero-order valence-corrected chi connectivity index (χ0v) is 11.7. The van der Waals surface area contributed by atoms with Gasteiger partial charge in [-0.1, -0.05) is 0 Å². The van der Waals surface area contributed by atoms with Crippen molar-refractivity contribution in [3.63, 3.8) is 0 Å². The molecule has 1 aliphatic heterocycles. The van der Waals surface area contributed by atoms with E-state index in [1.807, 2.05) is 0 Å². The van der Waals surface area contributed by atoms with Crippen molar-refractivity contribution in [2.75, 3.05) is 30.8 Å². The Morgan fingerprint density at radius 1 is 1.40 bits per heavy atom. The summed E-state index contributed by atoms with van der Waals surface area (Å²) in [5.74, 6) is 0.219. The molecule has 20 heavy (non-hydrogen) atoms. The smallest absolute Gasteiger partial charge is 0.311 e. The lowest BCUT2D eigenvalue weighted by Gasteiger charge is -2.45. The van der Waals surface area contributed by atoms with E-state index >= 15 is 0 Å². The van der Waals surface area contributed by atoms with Crippen molar-refractivity contribution < 1.29 is 9.72 Å². The van der Waals surface area contributed by atoms with Crippen LogP contribution in [-0.4, -0.2) is 46.4 Å². The zero-order valence-electron chi connectivity index (χ0n) is 11.7. The molecule has 2 heterocycles. The molecular formula is C12H17N5O3. The van der Waals surface area contributed by atoms with Crippen molar-refractivity contribution in [3.05, 3.63) is 22.2 Å². The number of carbonyl (C=O) groups is 1. The maximum Gasteiger partial charge on any atom is 0.311 e. The van der Waals surface area contributed by atoms with Gasteiger partial charge in [0.05, 0.1) is 4.92 Å². The van der Waals surface area contributed by atoms with Gasteiger partial charge in [0.25, 0.3) is 0 Å². The average Bonchev–Trinajstić information content (AvgIpc) is 2.35. The van der Waals surface area contributed by atoms with Crippen LogP contribution >= 0.6 is 0 Å². The molecule has 0 aliphatic carbocycles. The lowest BCUT2D eigenvalue weighted by molar-refractivity contribution is -0.384. The highest BCUT2D eigenvalue weighted by Crippen LogP contribution is 2.34. The quantitative estimate of drug-likeness (QED) is 0.628. The number of hydrogen-bond acceptors (Lipinski definition) is 6. The highest BCUT2D eigenvalue weighted by molar-refractivity contribution is 5.90. The van der Waals surface area contributed by atoms with E-state index < -0.39 is 10.5 Å². The summed E-state index contributed by atoms with van der Waals surface area (Å²) in [7, 11) is 1.71. The first kappa shape index (κ1) is 14.0. The summed E-state index contributed by atoms with van der Waals surface area (Å²) in [5, 5.41) is 11.1. The van der Waals surface area contributed by atoms with E-state index in [0.717, 1.165) is 0 Å². The van der Waals surface area contributed by atoms with Crippen LogP contribution in [0.1, 0.15) is 13.8 Å². The number of likely N-dealkylation sites (N-methyl/N-ethyl adjacent to an activating group) is 1. The van der Waals surface area contributed by atoms with Gasteiger partial charge in [-0.3, -0.25) is 14.9 Å². The molecule has 8 heteroatoms. The van der Waals surface area contributed by atoms with Crippen LogP contribution in [0.3, 0.4) is 0 Å². The summed E-state index contributed by atoms with van der Waals surface area (Å²) in [6.45, 7) is 4.39. The summed E-state index contributed by atoms with van der Waals surface area (Å²) in [4.78, 5) is 30.2. The molecule has 2 rings (SSSR count). The highest BCUT2D eigenvalue weighted by Gasteiger charge is 2.43. The molecule has 0 bridgehead atoms. The number of nitrogens with zero attached hydrogens (tertiary/aromatic N) is 4. The van der Waals surface area contributed by atoms with Gasteiger partial charge in [0, 0.05) is 26.2 Å². The molecule has 0 aromatic carbocycles. The number of pyridine rings is 1. The van der Waals surface area contributed by atoms with Crippen molar-refractivity contribution in [2.45, 2.75) is 19.4 Å². The maximum absolute atomic E-state index is 12.3. The van der Waals surface area contributed by atoms with E-state index in [1.54, 1.807) is 30.7 Å². The molecule has 0 atom stereocenters. The Bertz CT molecular complexity index is 572. The second-order valence-electron chi connectivity index (χ2n) is 5.27. The Balaban J connectivity index is 2.53. The molecule has 2 N–H and O–H groups in total. The van der Waals surface area contributed by atoms with E-state index in [4.69, 9.17) is 5.73 Å². The van der Waals surface area contributed by atoms with Gasteiger partial charge in [0.2, 0.25) is 11.7 Å². The van der Waals surface area contributed by atoms with Crippen LogP contribution in [-0.2, 0) is 4.79 Å². The Hall–Kier alpha value is -2.38. The van der Waals surface area contributed by atoms with Crippen molar-refractivity contribution in [3.8, 4) is 0 Å². The number of anilines is 2. The molecule has 1 fully saturated rings. The predicted molar refractivity (Wildman–Crippen MR) is 74.4 cm³/mol. The van der Waals surface area contributed by atoms with Crippen LogP contribution in [0.5, 0.6) is 0 Å². The average molecular weight is 279 g/mol. The fraction of sp³-hybridized carbons (Fsp3) is 0.500. The largest absolute Gasteiger partial charge is 0.384 e. The third kappa shape index (κ3) is 2.13. The van der Waals surface area contributed by atoms with Gasteiger partial charge in [-0.15, -0.1) is 0 Å². The first-order valence-corrected chi connectivity index (χ1v) is 6.19. The topological polar surface area (TPSA) is 106 Å². The lowest BCUT2D eigenvalue weighted by Crippen LogP contribution is -2.62. The van der Waals surface area contributed by atoms with Crippen LogP contribution in [0.2, 0.25) is 0 Å². The molecule has 1 saturated heterocycles. The van der Waals surface area contributed by atoms with Crippen molar-refractivity contribution >= 4 is 23.2 Å². The fourth-order valence-corrected chi connectivity index (χ4v) is 2.38. The third-order valence-corrected chi connectivity index (χ3v) is 3.53. The Kier molecular flexibility index (Phi) is 3.24. The number of nitro groups is 1. The second-order valence-corrected chi connectivity index (χ2v) is 5.27. The number of piperazine rings is 1. The van der Waals surface area contributed by atoms with E-state index in [-0.39, 0.29) is 23.2 Å². The molecule has 108 valence electrons. The minimum atomic E-state index is -0.904. The lowest BCUT2D eigenvalue weighted by atomic mass is 9.97. The van der Waals surface area contributed by atoms with Crippen LogP contribution in [0.25, 0.3) is 0 Å². The first-order valence-electron chi connectivity index (χ1n) is 6.19. The minimum absolute atomic E-state index is 0.109. The van der Waals surface area contributed by atoms with Crippen LogP contribution in [0, 0.1) is 10.1 Å². The van der Waals surface area contributed by atoms with E-state index in [9.17, 15) is 14.9 Å². The van der Waals surface area contributed by atoms with Gasteiger partial charge in [-0.05, 0) is 19.9 Å². The molecular weight excluding hydrogens is 262 g/mol. The number of hydrogen-bond donors (Lipinski definition) is 1. The number of rotatable bonds is 2. The monoisotopic (exact) mass is 279 g/mol. The summed E-state index contributed by atoms with van der Waals surface area (Å²) in [6.07, 6.45) is 0. The zero-order chi connectivity index (χ0) is 15.1. The SMILES string of the molecule is CN1CCN(c2nc(N)ccc2[N+](=O)[O-])C(C)(C)C1=O. The molecule has 1 amide bonds. The molecule has 0 unspecified atom stereocenters. The number of carbonyl (C=O) groups excluding carboxylic acids is 1. The molecule has 1 aromatic heterocycles. The van der Waals surface area contributed by atoms with Crippen LogP contribution in [0.4, 0.5) is 17.3 Å². The number of nitrogen functional groups attached to an aromatic ring is 1. The molecule has 8 nitrogen and oxygen atoms in total. The Morgan fingerprint density at radius 2 is 2.05 bits per heavy atom. The summed E-state index contributed by atoms with van der Waals surface area (Å²) >= 11 is 0. The van der Waals surface area contributed by atoms with Gasteiger partial charge in [-0.25, -0.2) is 4.98 Å². The van der Waals surface area contributed by atoms with Gasteiger partial charge >= 0.3 is 5.69 Å². The third-order valence-electron chi connectivity index (χ3n) is 3.53. The van der Waals surface area contributed by atoms with Gasteiger partial charge < -0.3 is 15.5 Å². The van der Waals surface area contributed by atoms with E-state index in [0.29, 0.717) is 13.1 Å². The van der Waals surface area contributed by atoms with Crippen molar-refractivity contribution in [2.24, 2.45) is 0 Å². The minimum Gasteiger partial charge on any atom is -0.384 e. The molecule has 0 saturated carbocycles. The standard InChI is InChI=1S/C12H17N5O3/c1-12(2)11(18)15(3)6-7-16(12)10-8(17(19)20)4-5-9(13)14-10/h4-5H,6-7H2,1-3H3,(H2,13,14). The van der Waals surface area contributed by atoms with Crippen LogP contribution < -0.4 is 10.6 Å². The van der Waals surface area contributed by atoms with E-state index in [2.05, 4.69) is 4.98 Å². The fourth-order valence-electron chi connectivity index (χ4n) is 2.38. The molecule has 0 spiro atoms. The first-order chi connectivity index (χ1) is 9.25. The highest BCUT2D eigenvalue weighted by atomic mass is 16.6. The van der Waals surface area contributed by atoms with Crippen molar-refractivity contribution in [1.29, 1.82) is 0 Å². The Labute approximate surface area is 116 Å². The predicted octanol–water partition coefficient (Wildman–Crippen LogP) is 0.629. The van der Waals surface area contributed by atoms with Gasteiger partial charge in [0.1, 0.15) is 11.4 Å². The summed E-state index contributed by atoms with van der Waals surface area (Å²) < 4.78 is 0. The van der Waals surface area contributed by atoms with Gasteiger partial charge in [-0.2, -0.15) is 0 Å². The Morgan fingerprint density at radius 3 is 2.65 bits per heavy atom. The van der Waals surface area contributed by atoms with E-state index in [1.165, 1.54) is 12.1 Å². The summed E-state index contributed by atoms with van der Waals surface area (Å²) in [5.41, 5.74) is 4.58. The van der Waals surface area contributed by atoms with Crippen LogP contribution in [0.15, 0.2) is 12.1 Å². The maximum atomic E-state index is 12.3. The number of amides is 1. The molecule has 0 radical (unpaired) electrons. The number of aromatic nitrogens is 1.